The number of benzene rings is 2. The fourth-order valence-electron chi connectivity index (χ4n) is 4.78. The Morgan fingerprint density at radius 1 is 1.03 bits per heavy atom. The summed E-state index contributed by atoms with van der Waals surface area (Å²) in [6, 6.07) is 11.7. The van der Waals surface area contributed by atoms with E-state index in [2.05, 4.69) is 10.6 Å². The molecule has 3 rings (SSSR count). The van der Waals surface area contributed by atoms with Gasteiger partial charge in [0.25, 0.3) is 11.8 Å². The predicted octanol–water partition coefficient (Wildman–Crippen LogP) is 5.37. The number of hydrogen-bond donors (Lipinski definition) is 3. The molecule has 3 atom stereocenters. The number of nitrogens with two attached hydrogens (primary N) is 1. The molecule has 2 aromatic carbocycles. The second-order valence-corrected chi connectivity index (χ2v) is 10.8. The van der Waals surface area contributed by atoms with Crippen LogP contribution >= 0.6 is 0 Å². The molecule has 0 aliphatic heterocycles. The van der Waals surface area contributed by atoms with Gasteiger partial charge in [0, 0.05) is 47.9 Å². The molecule has 0 aromatic heterocycles. The van der Waals surface area contributed by atoms with E-state index in [9.17, 15) is 18.8 Å². The third-order valence-corrected chi connectivity index (χ3v) is 7.25. The zero-order valence-corrected chi connectivity index (χ0v) is 23.4. The van der Waals surface area contributed by atoms with E-state index in [4.69, 9.17) is 5.73 Å². The van der Waals surface area contributed by atoms with Crippen LogP contribution < -0.4 is 16.4 Å². The first-order valence-corrected chi connectivity index (χ1v) is 14.2. The van der Waals surface area contributed by atoms with E-state index in [0.29, 0.717) is 42.2 Å². The maximum atomic E-state index is 13.3. The lowest BCUT2D eigenvalue weighted by Gasteiger charge is -2.27. The molecule has 1 saturated carbocycles. The zero-order chi connectivity index (χ0) is 28.4. The second-order valence-electron chi connectivity index (χ2n) is 10.8. The molecule has 39 heavy (non-hydrogen) atoms. The minimum Gasteiger partial charge on any atom is -0.348 e. The van der Waals surface area contributed by atoms with Gasteiger partial charge in [-0.3, -0.25) is 14.4 Å². The Balaban J connectivity index is 1.66. The van der Waals surface area contributed by atoms with Gasteiger partial charge in [-0.25, -0.2) is 4.39 Å². The summed E-state index contributed by atoms with van der Waals surface area (Å²) in [6.07, 6.45) is 6.20. The lowest BCUT2D eigenvalue weighted by atomic mass is 9.92. The van der Waals surface area contributed by atoms with Gasteiger partial charge in [0.15, 0.2) is 0 Å². The summed E-state index contributed by atoms with van der Waals surface area (Å²) in [4.78, 5) is 40.9. The molecule has 0 saturated heterocycles. The highest BCUT2D eigenvalue weighted by Gasteiger charge is 2.29. The number of anilines is 1. The van der Waals surface area contributed by atoms with Crippen LogP contribution in [-0.4, -0.2) is 47.8 Å². The van der Waals surface area contributed by atoms with Gasteiger partial charge in [0.05, 0.1) is 0 Å². The smallest absolute Gasteiger partial charge is 0.253 e. The van der Waals surface area contributed by atoms with Crippen LogP contribution in [0.1, 0.15) is 86.4 Å². The van der Waals surface area contributed by atoms with Crippen LogP contribution in [0.5, 0.6) is 0 Å². The SMILES string of the molecule is CCCN(CCC)C(=O)c1cccc(C(=O)N[C@@H](CCC2CC2)[C@@H](N)C[C@@H](C)C(=O)Nc2ccc(F)cc2)c1. The summed E-state index contributed by atoms with van der Waals surface area (Å²) < 4.78 is 13.2. The topological polar surface area (TPSA) is 105 Å². The Bertz CT molecular complexity index is 1100. The van der Waals surface area contributed by atoms with E-state index in [0.717, 1.165) is 25.7 Å². The molecular formula is C31H43FN4O3. The van der Waals surface area contributed by atoms with E-state index in [1.165, 1.54) is 37.1 Å². The first kappa shape index (κ1) is 30.3. The van der Waals surface area contributed by atoms with Crippen LogP contribution in [0.4, 0.5) is 10.1 Å². The molecular weight excluding hydrogens is 495 g/mol. The Hall–Kier alpha value is -3.26. The van der Waals surface area contributed by atoms with E-state index in [1.54, 1.807) is 31.2 Å². The highest BCUT2D eigenvalue weighted by atomic mass is 19.1. The average Bonchev–Trinajstić information content (AvgIpc) is 3.76. The van der Waals surface area contributed by atoms with Crippen molar-refractivity contribution in [1.29, 1.82) is 0 Å². The quantitative estimate of drug-likeness (QED) is 0.284. The number of carbonyl (C=O) groups excluding carboxylic acids is 3. The van der Waals surface area contributed by atoms with Crippen LogP contribution in [0, 0.1) is 17.7 Å². The minimum atomic E-state index is -0.434. The maximum absolute atomic E-state index is 13.3. The van der Waals surface area contributed by atoms with Crippen molar-refractivity contribution in [2.75, 3.05) is 18.4 Å². The first-order valence-electron chi connectivity index (χ1n) is 14.2. The zero-order valence-electron chi connectivity index (χ0n) is 23.4. The number of halogens is 1. The lowest BCUT2D eigenvalue weighted by molar-refractivity contribution is -0.119. The molecule has 3 amide bonds. The first-order chi connectivity index (χ1) is 18.7. The van der Waals surface area contributed by atoms with Crippen LogP contribution in [-0.2, 0) is 4.79 Å². The number of carbonyl (C=O) groups is 3. The summed E-state index contributed by atoms with van der Waals surface area (Å²) in [5.74, 6) is -0.668. The molecule has 0 spiro atoms. The van der Waals surface area contributed by atoms with Gasteiger partial charge in [0.1, 0.15) is 5.82 Å². The summed E-state index contributed by atoms with van der Waals surface area (Å²) in [5.41, 5.74) is 8.01. The largest absolute Gasteiger partial charge is 0.348 e. The Morgan fingerprint density at radius 2 is 1.67 bits per heavy atom. The molecule has 0 bridgehead atoms. The van der Waals surface area contributed by atoms with Crippen molar-refractivity contribution in [3.05, 3.63) is 65.5 Å². The fraction of sp³-hybridized carbons (Fsp3) is 0.516. The Kier molecular flexibility index (Phi) is 11.5. The molecule has 1 aliphatic rings. The summed E-state index contributed by atoms with van der Waals surface area (Å²) in [5, 5.41) is 5.90. The van der Waals surface area contributed by atoms with Crippen LogP contribution in [0.25, 0.3) is 0 Å². The molecule has 0 radical (unpaired) electrons. The summed E-state index contributed by atoms with van der Waals surface area (Å²) >= 11 is 0. The standard InChI is InChI=1S/C31H43FN4O3/c1-4-17-36(18-5-2)31(39)24-8-6-7-23(20-24)30(38)35-28(16-11-22-9-10-22)27(33)19-21(3)29(37)34-26-14-12-25(32)13-15-26/h6-8,12-15,20-22,27-28H,4-5,9-11,16-19,33H2,1-3H3,(H,34,37)(H,35,38)/t21-,27+,28+/m1/s1. The van der Waals surface area contributed by atoms with Crippen molar-refractivity contribution in [2.24, 2.45) is 17.6 Å². The fourth-order valence-corrected chi connectivity index (χ4v) is 4.78. The highest BCUT2D eigenvalue weighted by Crippen LogP contribution is 2.34. The van der Waals surface area contributed by atoms with E-state index < -0.39 is 12.0 Å². The maximum Gasteiger partial charge on any atom is 0.253 e. The van der Waals surface area contributed by atoms with Crippen LogP contribution in [0.2, 0.25) is 0 Å². The van der Waals surface area contributed by atoms with Gasteiger partial charge in [-0.15, -0.1) is 0 Å². The normalized spacial score (nSPS) is 15.2. The third-order valence-electron chi connectivity index (χ3n) is 7.25. The van der Waals surface area contributed by atoms with Gasteiger partial charge in [-0.1, -0.05) is 39.7 Å². The second kappa shape index (κ2) is 14.8. The van der Waals surface area contributed by atoms with Crippen molar-refractivity contribution in [2.45, 2.75) is 77.8 Å². The van der Waals surface area contributed by atoms with Crippen molar-refractivity contribution >= 4 is 23.4 Å². The van der Waals surface area contributed by atoms with Gasteiger partial charge < -0.3 is 21.3 Å². The minimum absolute atomic E-state index is 0.0728. The van der Waals surface area contributed by atoms with Crippen molar-refractivity contribution in [1.82, 2.24) is 10.2 Å². The molecule has 4 N–H and O–H groups in total. The Labute approximate surface area is 231 Å². The van der Waals surface area contributed by atoms with Crippen LogP contribution in [0.3, 0.4) is 0 Å². The van der Waals surface area contributed by atoms with Crippen molar-refractivity contribution < 1.29 is 18.8 Å². The molecule has 1 fully saturated rings. The van der Waals surface area contributed by atoms with Gasteiger partial charge in [-0.2, -0.15) is 0 Å². The molecule has 0 heterocycles. The molecule has 212 valence electrons. The van der Waals surface area contributed by atoms with E-state index >= 15 is 0 Å². The monoisotopic (exact) mass is 538 g/mol. The van der Waals surface area contributed by atoms with Gasteiger partial charge >= 0.3 is 0 Å². The summed E-state index contributed by atoms with van der Waals surface area (Å²) in [7, 11) is 0. The van der Waals surface area contributed by atoms with Crippen molar-refractivity contribution in [3.8, 4) is 0 Å². The van der Waals surface area contributed by atoms with Gasteiger partial charge in [-0.05, 0) is 80.5 Å². The lowest BCUT2D eigenvalue weighted by Crippen LogP contribution is -2.49. The Morgan fingerprint density at radius 3 is 2.28 bits per heavy atom. The van der Waals surface area contributed by atoms with E-state index in [1.807, 2.05) is 18.7 Å². The number of nitrogens with zero attached hydrogens (tertiary/aromatic N) is 1. The molecule has 8 heteroatoms. The van der Waals surface area contributed by atoms with Gasteiger partial charge in [0.2, 0.25) is 5.91 Å². The third kappa shape index (κ3) is 9.46. The predicted molar refractivity (Wildman–Crippen MR) is 153 cm³/mol. The average molecular weight is 539 g/mol. The number of amides is 3. The molecule has 7 nitrogen and oxygen atoms in total. The van der Waals surface area contributed by atoms with E-state index in [-0.39, 0.29) is 29.6 Å². The number of rotatable bonds is 15. The highest BCUT2D eigenvalue weighted by molar-refractivity contribution is 5.99. The van der Waals surface area contributed by atoms with Crippen molar-refractivity contribution in [3.63, 3.8) is 0 Å². The molecule has 0 unspecified atom stereocenters. The number of nitrogens with one attached hydrogen (secondary N) is 2. The molecule has 1 aliphatic carbocycles. The number of hydrogen-bond acceptors (Lipinski definition) is 4. The molecule has 2 aromatic rings. The van der Waals surface area contributed by atoms with Crippen LogP contribution in [0.15, 0.2) is 48.5 Å². The summed E-state index contributed by atoms with van der Waals surface area (Å²) in [6.45, 7) is 7.23.